The van der Waals surface area contributed by atoms with Gasteiger partial charge in [0.1, 0.15) is 0 Å². The first-order valence-corrected chi connectivity index (χ1v) is 7.01. The van der Waals surface area contributed by atoms with Crippen molar-refractivity contribution >= 4 is 5.91 Å². The zero-order chi connectivity index (χ0) is 14.0. The zero-order valence-electron chi connectivity index (χ0n) is 12.2. The molecule has 0 bridgehead atoms. The van der Waals surface area contributed by atoms with Crippen LogP contribution >= 0.6 is 0 Å². The Kier molecular flexibility index (Phi) is 4.24. The third-order valence-corrected chi connectivity index (χ3v) is 4.09. The molecule has 1 aromatic rings. The Morgan fingerprint density at radius 3 is 2.95 bits per heavy atom. The van der Waals surface area contributed by atoms with Crippen molar-refractivity contribution in [1.82, 2.24) is 20.4 Å². The second kappa shape index (κ2) is 5.74. The molecule has 1 aromatic heterocycles. The number of aryl methyl sites for hydroxylation is 1. The minimum atomic E-state index is 0.0198. The lowest BCUT2D eigenvalue weighted by Crippen LogP contribution is -2.43. The molecule has 5 heteroatoms. The number of nitrogens with one attached hydrogen (secondary N) is 2. The monoisotopic (exact) mass is 264 g/mol. The molecule has 106 valence electrons. The van der Waals surface area contributed by atoms with E-state index in [2.05, 4.69) is 22.7 Å². The first-order valence-electron chi connectivity index (χ1n) is 7.01. The van der Waals surface area contributed by atoms with Crippen LogP contribution in [0.3, 0.4) is 0 Å². The van der Waals surface area contributed by atoms with Gasteiger partial charge in [0.05, 0.1) is 12.2 Å². The number of hydrogen-bond acceptors (Lipinski definition) is 3. The van der Waals surface area contributed by atoms with E-state index < -0.39 is 0 Å². The lowest BCUT2D eigenvalue weighted by molar-refractivity contribution is -0.126. The SMILES string of the molecule is Cc1c(C(C)NC(=O)C2CCNC(C)C2)cnn1C. The molecule has 1 aliphatic heterocycles. The highest BCUT2D eigenvalue weighted by Gasteiger charge is 2.26. The molecule has 1 saturated heterocycles. The molecule has 1 aliphatic rings. The fraction of sp³-hybridized carbons (Fsp3) is 0.714. The quantitative estimate of drug-likeness (QED) is 0.865. The number of aromatic nitrogens is 2. The summed E-state index contributed by atoms with van der Waals surface area (Å²) < 4.78 is 1.84. The summed E-state index contributed by atoms with van der Waals surface area (Å²) in [6, 6.07) is 0.450. The van der Waals surface area contributed by atoms with Crippen LogP contribution in [0.25, 0.3) is 0 Å². The van der Waals surface area contributed by atoms with Crippen LogP contribution in [0, 0.1) is 12.8 Å². The van der Waals surface area contributed by atoms with Crippen molar-refractivity contribution in [1.29, 1.82) is 0 Å². The van der Waals surface area contributed by atoms with Gasteiger partial charge in [0.25, 0.3) is 0 Å². The van der Waals surface area contributed by atoms with Crippen LogP contribution in [0.1, 0.15) is 44.0 Å². The number of nitrogens with zero attached hydrogens (tertiary/aromatic N) is 2. The average Bonchev–Trinajstić information content (AvgIpc) is 2.70. The van der Waals surface area contributed by atoms with Crippen molar-refractivity contribution in [2.75, 3.05) is 6.54 Å². The van der Waals surface area contributed by atoms with Crippen LogP contribution < -0.4 is 10.6 Å². The standard InChI is InChI=1S/C14H24N4O/c1-9-7-12(5-6-15-9)14(19)17-10(2)13-8-16-18(4)11(13)3/h8-10,12,15H,5-7H2,1-4H3,(H,17,19). The van der Waals surface area contributed by atoms with Crippen molar-refractivity contribution in [3.05, 3.63) is 17.5 Å². The van der Waals surface area contributed by atoms with Gasteiger partial charge < -0.3 is 10.6 Å². The van der Waals surface area contributed by atoms with Crippen LogP contribution in [-0.2, 0) is 11.8 Å². The van der Waals surface area contributed by atoms with E-state index in [4.69, 9.17) is 0 Å². The van der Waals surface area contributed by atoms with E-state index in [1.807, 2.05) is 31.8 Å². The summed E-state index contributed by atoms with van der Waals surface area (Å²) in [5.41, 5.74) is 2.20. The highest BCUT2D eigenvalue weighted by molar-refractivity contribution is 5.79. The zero-order valence-corrected chi connectivity index (χ0v) is 12.2. The van der Waals surface area contributed by atoms with Crippen molar-refractivity contribution in [2.45, 2.75) is 45.7 Å². The smallest absolute Gasteiger partial charge is 0.223 e. The second-order valence-electron chi connectivity index (χ2n) is 5.62. The Hall–Kier alpha value is -1.36. The maximum atomic E-state index is 12.3. The van der Waals surface area contributed by atoms with Gasteiger partial charge in [-0.05, 0) is 40.2 Å². The number of hydrogen-bond donors (Lipinski definition) is 2. The number of carbonyl (C=O) groups is 1. The van der Waals surface area contributed by atoms with E-state index in [-0.39, 0.29) is 17.9 Å². The lowest BCUT2D eigenvalue weighted by atomic mass is 9.92. The molecule has 1 fully saturated rings. The second-order valence-corrected chi connectivity index (χ2v) is 5.62. The Morgan fingerprint density at radius 1 is 1.63 bits per heavy atom. The number of amides is 1. The third kappa shape index (κ3) is 3.15. The minimum absolute atomic E-state index is 0.0198. The number of rotatable bonds is 3. The maximum absolute atomic E-state index is 12.3. The molecule has 0 aliphatic carbocycles. The summed E-state index contributed by atoms with van der Waals surface area (Å²) in [4.78, 5) is 12.3. The minimum Gasteiger partial charge on any atom is -0.349 e. The van der Waals surface area contributed by atoms with Crippen LogP contribution in [0.4, 0.5) is 0 Å². The summed E-state index contributed by atoms with van der Waals surface area (Å²) in [7, 11) is 1.92. The van der Waals surface area contributed by atoms with Crippen LogP contribution in [0.15, 0.2) is 6.20 Å². The van der Waals surface area contributed by atoms with Crippen molar-refractivity contribution in [2.24, 2.45) is 13.0 Å². The van der Waals surface area contributed by atoms with Crippen LogP contribution in [0.5, 0.6) is 0 Å². The molecule has 5 nitrogen and oxygen atoms in total. The van der Waals surface area contributed by atoms with E-state index in [0.29, 0.717) is 6.04 Å². The predicted octanol–water partition coefficient (Wildman–Crippen LogP) is 1.29. The van der Waals surface area contributed by atoms with Crippen LogP contribution in [0.2, 0.25) is 0 Å². The highest BCUT2D eigenvalue weighted by atomic mass is 16.1. The van der Waals surface area contributed by atoms with E-state index in [0.717, 1.165) is 30.6 Å². The molecule has 0 radical (unpaired) electrons. The van der Waals surface area contributed by atoms with Crippen molar-refractivity contribution in [3.63, 3.8) is 0 Å². The first-order chi connectivity index (χ1) is 8.99. The van der Waals surface area contributed by atoms with E-state index in [1.165, 1.54) is 0 Å². The molecule has 19 heavy (non-hydrogen) atoms. The van der Waals surface area contributed by atoms with Gasteiger partial charge in [0.15, 0.2) is 0 Å². The molecule has 2 heterocycles. The molecule has 0 saturated carbocycles. The number of carbonyl (C=O) groups excluding carboxylic acids is 1. The molecular formula is C14H24N4O. The Morgan fingerprint density at radius 2 is 2.37 bits per heavy atom. The fourth-order valence-electron chi connectivity index (χ4n) is 2.72. The van der Waals surface area contributed by atoms with Gasteiger partial charge in [0.2, 0.25) is 5.91 Å². The fourth-order valence-corrected chi connectivity index (χ4v) is 2.72. The van der Waals surface area contributed by atoms with Gasteiger partial charge in [-0.2, -0.15) is 5.10 Å². The van der Waals surface area contributed by atoms with E-state index in [9.17, 15) is 4.79 Å². The Bertz CT molecular complexity index is 454. The normalized spacial score (nSPS) is 25.1. The topological polar surface area (TPSA) is 59.0 Å². The summed E-state index contributed by atoms with van der Waals surface area (Å²) in [6.45, 7) is 7.11. The van der Waals surface area contributed by atoms with E-state index >= 15 is 0 Å². The summed E-state index contributed by atoms with van der Waals surface area (Å²) >= 11 is 0. The maximum Gasteiger partial charge on any atom is 0.223 e. The van der Waals surface area contributed by atoms with Crippen molar-refractivity contribution < 1.29 is 4.79 Å². The summed E-state index contributed by atoms with van der Waals surface area (Å²) in [6.07, 6.45) is 3.69. The molecule has 3 unspecified atom stereocenters. The van der Waals surface area contributed by atoms with Gasteiger partial charge >= 0.3 is 0 Å². The Labute approximate surface area is 114 Å². The highest BCUT2D eigenvalue weighted by Crippen LogP contribution is 2.20. The first kappa shape index (κ1) is 14.1. The largest absolute Gasteiger partial charge is 0.349 e. The lowest BCUT2D eigenvalue weighted by Gasteiger charge is -2.28. The molecule has 1 amide bonds. The van der Waals surface area contributed by atoms with Gasteiger partial charge in [-0.25, -0.2) is 0 Å². The van der Waals surface area contributed by atoms with Crippen molar-refractivity contribution in [3.8, 4) is 0 Å². The number of piperidine rings is 1. The molecule has 0 aromatic carbocycles. The molecular weight excluding hydrogens is 240 g/mol. The van der Waals surface area contributed by atoms with Gasteiger partial charge in [-0.15, -0.1) is 0 Å². The molecule has 3 atom stereocenters. The van der Waals surface area contributed by atoms with Gasteiger partial charge in [0, 0.05) is 30.3 Å². The molecule has 2 N–H and O–H groups in total. The van der Waals surface area contributed by atoms with Gasteiger partial charge in [-0.1, -0.05) is 0 Å². The van der Waals surface area contributed by atoms with E-state index in [1.54, 1.807) is 0 Å². The van der Waals surface area contributed by atoms with Crippen LogP contribution in [-0.4, -0.2) is 28.3 Å². The third-order valence-electron chi connectivity index (χ3n) is 4.09. The average molecular weight is 264 g/mol. The Balaban J connectivity index is 1.96. The summed E-state index contributed by atoms with van der Waals surface area (Å²) in [5.74, 6) is 0.305. The molecule has 0 spiro atoms. The molecule has 2 rings (SSSR count). The summed E-state index contributed by atoms with van der Waals surface area (Å²) in [5, 5.41) is 10.7. The van der Waals surface area contributed by atoms with Gasteiger partial charge in [-0.3, -0.25) is 9.48 Å². The predicted molar refractivity (Wildman–Crippen MR) is 74.7 cm³/mol.